The van der Waals surface area contributed by atoms with Crippen molar-refractivity contribution < 1.29 is 22.9 Å². The van der Waals surface area contributed by atoms with Crippen LogP contribution in [0.25, 0.3) is 0 Å². The highest BCUT2D eigenvalue weighted by molar-refractivity contribution is 7.85. The van der Waals surface area contributed by atoms with E-state index < -0.39 is 28.0 Å². The topological polar surface area (TPSA) is 104 Å². The molecule has 57 heavy (non-hydrogen) atoms. The Kier molecular flexibility index (Phi) is 41.2. The Morgan fingerprint density at radius 3 is 1.25 bits per heavy atom. The first-order valence-electron chi connectivity index (χ1n) is 23.3. The fourth-order valence-corrected chi connectivity index (χ4v) is 7.36. The van der Waals surface area contributed by atoms with Crippen molar-refractivity contribution in [2.75, 3.05) is 5.75 Å². The van der Waals surface area contributed by atoms with Gasteiger partial charge in [-0.1, -0.05) is 214 Å². The fraction of sp³-hybridized carbons (Fsp3) is 0.700. The third-order valence-corrected chi connectivity index (χ3v) is 10.9. The van der Waals surface area contributed by atoms with Crippen molar-refractivity contribution >= 4 is 16.0 Å². The summed E-state index contributed by atoms with van der Waals surface area (Å²) in [5.41, 5.74) is 0. The van der Waals surface area contributed by atoms with Gasteiger partial charge in [0.05, 0.1) is 17.9 Å². The predicted octanol–water partition coefficient (Wildman–Crippen LogP) is 14.4. The maximum absolute atomic E-state index is 12.6. The van der Waals surface area contributed by atoms with Gasteiger partial charge in [0.1, 0.15) is 0 Å². The fourth-order valence-electron chi connectivity index (χ4n) is 6.63. The zero-order valence-electron chi connectivity index (χ0n) is 36.7. The molecule has 0 bridgehead atoms. The van der Waals surface area contributed by atoms with Crippen molar-refractivity contribution in [2.45, 2.75) is 219 Å². The number of amides is 1. The molecule has 0 aliphatic heterocycles. The molecule has 0 heterocycles. The molecule has 0 radical (unpaired) electrons. The van der Waals surface area contributed by atoms with Crippen molar-refractivity contribution in [3.8, 4) is 0 Å². The minimum atomic E-state index is -4.36. The first-order valence-corrected chi connectivity index (χ1v) is 24.9. The summed E-state index contributed by atoms with van der Waals surface area (Å²) in [7, 11) is -4.36. The number of rotatable bonds is 41. The number of allylic oxidation sites excluding steroid dienone is 13. The lowest BCUT2D eigenvalue weighted by Crippen LogP contribution is -2.46. The van der Waals surface area contributed by atoms with E-state index in [1.165, 1.54) is 96.3 Å². The molecule has 1 amide bonds. The standard InChI is InChI=1S/C50H87NO5S/c1-3-5-7-9-11-13-15-17-19-21-23-24-25-26-28-30-32-34-36-38-40-42-44-46-50(53)51-48(47-57(54,55)56)49(52)45-43-41-39-37-35-33-31-29-27-22-20-18-16-14-12-10-8-6-4-2/h5,7,11,13,17,19,23-24,26,28,32,34,43,45,48-49,52H,3-4,6,8-10,12,14-16,18,20-22,25,27,29-31,33,35-42,44,46-47H2,1-2H3,(H,51,53)(H,54,55,56)/b7-5-,13-11-,19-17-,24-23-,28-26-,34-32-,45-43+. The van der Waals surface area contributed by atoms with Gasteiger partial charge < -0.3 is 10.4 Å². The number of carbonyl (C=O) groups excluding carboxylic acids is 1. The van der Waals surface area contributed by atoms with Gasteiger partial charge in [0, 0.05) is 6.42 Å². The number of hydrogen-bond donors (Lipinski definition) is 3. The molecule has 0 aliphatic rings. The molecule has 0 saturated heterocycles. The smallest absolute Gasteiger partial charge is 0.267 e. The van der Waals surface area contributed by atoms with Gasteiger partial charge in [-0.2, -0.15) is 8.42 Å². The van der Waals surface area contributed by atoms with Gasteiger partial charge in [-0.05, 0) is 70.6 Å². The number of nitrogens with one attached hydrogen (secondary N) is 1. The molecule has 0 rings (SSSR count). The Morgan fingerprint density at radius 1 is 0.491 bits per heavy atom. The summed E-state index contributed by atoms with van der Waals surface area (Å²) < 4.78 is 32.6. The van der Waals surface area contributed by atoms with Gasteiger partial charge in [0.15, 0.2) is 0 Å². The van der Waals surface area contributed by atoms with Crippen LogP contribution in [0.4, 0.5) is 0 Å². The van der Waals surface area contributed by atoms with E-state index in [2.05, 4.69) is 92.1 Å². The summed E-state index contributed by atoms with van der Waals surface area (Å²) >= 11 is 0. The first-order chi connectivity index (χ1) is 27.8. The Morgan fingerprint density at radius 2 is 0.842 bits per heavy atom. The second kappa shape index (κ2) is 43.1. The van der Waals surface area contributed by atoms with Crippen LogP contribution < -0.4 is 5.32 Å². The molecule has 0 fully saturated rings. The van der Waals surface area contributed by atoms with E-state index in [9.17, 15) is 22.9 Å². The molecule has 0 aliphatic carbocycles. The summed E-state index contributed by atoms with van der Waals surface area (Å²) in [4.78, 5) is 12.6. The minimum Gasteiger partial charge on any atom is -0.387 e. The molecule has 0 saturated carbocycles. The van der Waals surface area contributed by atoms with Crippen molar-refractivity contribution in [1.29, 1.82) is 0 Å². The zero-order chi connectivity index (χ0) is 41.8. The van der Waals surface area contributed by atoms with E-state index in [1.807, 2.05) is 6.08 Å². The average molecular weight is 814 g/mol. The molecule has 0 aromatic heterocycles. The van der Waals surface area contributed by atoms with Gasteiger partial charge in [-0.25, -0.2) is 0 Å². The summed E-state index contributed by atoms with van der Waals surface area (Å²) in [5.74, 6) is -1.02. The second-order valence-electron chi connectivity index (χ2n) is 15.7. The van der Waals surface area contributed by atoms with E-state index in [0.717, 1.165) is 83.5 Å². The average Bonchev–Trinajstić information content (AvgIpc) is 3.18. The molecule has 0 aromatic carbocycles. The normalized spacial score (nSPS) is 14.0. The van der Waals surface area contributed by atoms with Crippen molar-refractivity contribution in [1.82, 2.24) is 5.32 Å². The molecule has 0 aromatic rings. The minimum absolute atomic E-state index is 0.261. The molecule has 6 nitrogen and oxygen atoms in total. The summed E-state index contributed by atoms with van der Waals surface area (Å²) in [5, 5.41) is 13.3. The van der Waals surface area contributed by atoms with Crippen molar-refractivity contribution in [2.24, 2.45) is 0 Å². The maximum atomic E-state index is 12.6. The van der Waals surface area contributed by atoms with Crippen LogP contribution in [0, 0.1) is 0 Å². The third-order valence-electron chi connectivity index (χ3n) is 10.1. The van der Waals surface area contributed by atoms with Crippen LogP contribution in [0.3, 0.4) is 0 Å². The van der Waals surface area contributed by atoms with E-state index in [0.29, 0.717) is 6.42 Å². The van der Waals surface area contributed by atoms with Gasteiger partial charge in [0.2, 0.25) is 5.91 Å². The lowest BCUT2D eigenvalue weighted by molar-refractivity contribution is -0.122. The molecule has 0 spiro atoms. The molecular weight excluding hydrogens is 727 g/mol. The van der Waals surface area contributed by atoms with E-state index >= 15 is 0 Å². The summed E-state index contributed by atoms with van der Waals surface area (Å²) in [6, 6.07) is -1.08. The quantitative estimate of drug-likeness (QED) is 0.0324. The van der Waals surface area contributed by atoms with Crippen LogP contribution >= 0.6 is 0 Å². The second-order valence-corrected chi connectivity index (χ2v) is 17.2. The Balaban J connectivity index is 3.95. The highest BCUT2D eigenvalue weighted by Gasteiger charge is 2.24. The molecule has 7 heteroatoms. The highest BCUT2D eigenvalue weighted by Crippen LogP contribution is 2.15. The van der Waals surface area contributed by atoms with E-state index in [-0.39, 0.29) is 12.3 Å². The maximum Gasteiger partial charge on any atom is 0.267 e. The monoisotopic (exact) mass is 814 g/mol. The number of aliphatic hydroxyl groups excluding tert-OH is 1. The Bertz CT molecular complexity index is 1210. The van der Waals surface area contributed by atoms with Crippen LogP contribution in [-0.2, 0) is 14.9 Å². The van der Waals surface area contributed by atoms with E-state index in [4.69, 9.17) is 0 Å². The lowest BCUT2D eigenvalue weighted by Gasteiger charge is -2.21. The van der Waals surface area contributed by atoms with E-state index in [1.54, 1.807) is 6.08 Å². The van der Waals surface area contributed by atoms with Crippen molar-refractivity contribution in [3.05, 3.63) is 85.1 Å². The van der Waals surface area contributed by atoms with Gasteiger partial charge in [0.25, 0.3) is 10.1 Å². The van der Waals surface area contributed by atoms with Crippen LogP contribution in [0.5, 0.6) is 0 Å². The van der Waals surface area contributed by atoms with Gasteiger partial charge in [-0.3, -0.25) is 9.35 Å². The van der Waals surface area contributed by atoms with Crippen LogP contribution in [0.15, 0.2) is 85.1 Å². The summed E-state index contributed by atoms with van der Waals surface area (Å²) in [6.07, 6.45) is 62.8. The molecule has 2 atom stereocenters. The SMILES string of the molecule is CC/C=C\C/C=C\C/C=C\C/C=C\C/C=C\C/C=C\CCCCCCC(=O)NC(CS(=O)(=O)O)C(O)/C=C/CCCCCCCCCCCCCCCCCCC. The highest BCUT2D eigenvalue weighted by atomic mass is 32.2. The third kappa shape index (κ3) is 44.5. The molecule has 3 N–H and O–H groups in total. The summed E-state index contributed by atoms with van der Waals surface area (Å²) in [6.45, 7) is 4.42. The number of unbranched alkanes of at least 4 members (excludes halogenated alkanes) is 21. The van der Waals surface area contributed by atoms with Crippen LogP contribution in [0.1, 0.15) is 206 Å². The predicted molar refractivity (Wildman–Crippen MR) is 248 cm³/mol. The molecule has 328 valence electrons. The number of hydrogen-bond acceptors (Lipinski definition) is 4. The lowest BCUT2D eigenvalue weighted by atomic mass is 10.0. The molecule has 2 unspecified atom stereocenters. The largest absolute Gasteiger partial charge is 0.387 e. The van der Waals surface area contributed by atoms with Crippen LogP contribution in [0.2, 0.25) is 0 Å². The molecular formula is C50H87NO5S. The van der Waals surface area contributed by atoms with Gasteiger partial charge in [-0.15, -0.1) is 0 Å². The number of aliphatic hydroxyl groups is 1. The Labute approximate surface area is 352 Å². The first kappa shape index (κ1) is 54.5. The van der Waals surface area contributed by atoms with Crippen molar-refractivity contribution in [3.63, 3.8) is 0 Å². The zero-order valence-corrected chi connectivity index (χ0v) is 37.5. The van der Waals surface area contributed by atoms with Gasteiger partial charge >= 0.3 is 0 Å². The Hall–Kier alpha value is -2.48. The number of carbonyl (C=O) groups is 1. The van der Waals surface area contributed by atoms with Crippen LogP contribution in [-0.4, -0.2) is 41.9 Å².